The molecule has 1 unspecified atom stereocenters. The Bertz CT molecular complexity index is 821. The van der Waals surface area contributed by atoms with Gasteiger partial charge in [-0.3, -0.25) is 9.88 Å². The van der Waals surface area contributed by atoms with Crippen molar-refractivity contribution in [1.82, 2.24) is 19.9 Å². The third-order valence-electron chi connectivity index (χ3n) is 5.62. The van der Waals surface area contributed by atoms with Gasteiger partial charge >= 0.3 is 6.18 Å². The van der Waals surface area contributed by atoms with Crippen LogP contribution in [-0.2, 0) is 19.1 Å². The second kappa shape index (κ2) is 7.66. The number of rotatable bonds is 5. The van der Waals surface area contributed by atoms with Gasteiger partial charge in [0.15, 0.2) is 0 Å². The summed E-state index contributed by atoms with van der Waals surface area (Å²) in [4.78, 5) is 14.6. The van der Waals surface area contributed by atoms with Crippen LogP contribution >= 0.6 is 0 Å². The minimum atomic E-state index is -4.45. The Morgan fingerprint density at radius 1 is 1.21 bits per heavy atom. The molecule has 150 valence electrons. The summed E-state index contributed by atoms with van der Waals surface area (Å²) in [6.07, 6.45) is 2.58. The van der Waals surface area contributed by atoms with Crippen molar-refractivity contribution in [3.63, 3.8) is 0 Å². The zero-order valence-electron chi connectivity index (χ0n) is 15.7. The van der Waals surface area contributed by atoms with Gasteiger partial charge in [-0.2, -0.15) is 13.2 Å². The Morgan fingerprint density at radius 3 is 2.68 bits per heavy atom. The average molecular weight is 392 g/mol. The van der Waals surface area contributed by atoms with E-state index in [1.807, 2.05) is 0 Å². The summed E-state index contributed by atoms with van der Waals surface area (Å²) in [7, 11) is 0. The minimum Gasteiger partial charge on any atom is -0.469 e. The molecule has 0 spiro atoms. The molecule has 1 saturated carbocycles. The SMILES string of the molecule is CC(Oc1ncnc2c1CN(CC1CCC1)CC2)c1ccc(C(F)(F)F)nc1. The van der Waals surface area contributed by atoms with Crippen LogP contribution in [-0.4, -0.2) is 32.9 Å². The molecule has 4 rings (SSSR count). The third kappa shape index (κ3) is 4.11. The summed E-state index contributed by atoms with van der Waals surface area (Å²) in [5, 5.41) is 0. The normalized spacial score (nSPS) is 19.0. The van der Waals surface area contributed by atoms with Crippen LogP contribution < -0.4 is 4.74 Å². The maximum Gasteiger partial charge on any atom is 0.433 e. The summed E-state index contributed by atoms with van der Waals surface area (Å²) in [6.45, 7) is 4.61. The van der Waals surface area contributed by atoms with Gasteiger partial charge in [-0.1, -0.05) is 12.5 Å². The number of aromatic nitrogens is 3. The molecule has 8 heteroatoms. The lowest BCUT2D eigenvalue weighted by Crippen LogP contribution is -2.37. The van der Waals surface area contributed by atoms with Crippen LogP contribution in [0.5, 0.6) is 5.88 Å². The number of nitrogens with zero attached hydrogens (tertiary/aromatic N) is 4. The molecule has 0 saturated heterocycles. The van der Waals surface area contributed by atoms with Crippen molar-refractivity contribution < 1.29 is 17.9 Å². The number of halogens is 3. The Morgan fingerprint density at radius 2 is 2.04 bits per heavy atom. The zero-order valence-corrected chi connectivity index (χ0v) is 15.7. The molecule has 1 aliphatic heterocycles. The Labute approximate surface area is 162 Å². The lowest BCUT2D eigenvalue weighted by atomic mass is 9.84. The summed E-state index contributed by atoms with van der Waals surface area (Å²) >= 11 is 0. The smallest absolute Gasteiger partial charge is 0.433 e. The van der Waals surface area contributed by atoms with Gasteiger partial charge in [0.25, 0.3) is 0 Å². The molecule has 5 nitrogen and oxygen atoms in total. The van der Waals surface area contributed by atoms with Crippen molar-refractivity contribution in [2.75, 3.05) is 13.1 Å². The monoisotopic (exact) mass is 392 g/mol. The highest BCUT2D eigenvalue weighted by atomic mass is 19.4. The van der Waals surface area contributed by atoms with Crippen LogP contribution in [0.15, 0.2) is 24.7 Å². The minimum absolute atomic E-state index is 0.462. The first-order valence-corrected chi connectivity index (χ1v) is 9.65. The van der Waals surface area contributed by atoms with Crippen molar-refractivity contribution in [1.29, 1.82) is 0 Å². The van der Waals surface area contributed by atoms with Crippen LogP contribution in [0, 0.1) is 5.92 Å². The van der Waals surface area contributed by atoms with Crippen molar-refractivity contribution in [2.24, 2.45) is 5.92 Å². The van der Waals surface area contributed by atoms with Crippen molar-refractivity contribution >= 4 is 0 Å². The fraction of sp³-hybridized carbons (Fsp3) is 0.550. The van der Waals surface area contributed by atoms with E-state index in [0.29, 0.717) is 11.4 Å². The molecular weight excluding hydrogens is 369 g/mol. The number of hydrogen-bond donors (Lipinski definition) is 0. The van der Waals surface area contributed by atoms with E-state index in [1.54, 1.807) is 6.92 Å². The first-order chi connectivity index (χ1) is 13.4. The predicted octanol–water partition coefficient (Wildman–Crippen LogP) is 4.19. The highest BCUT2D eigenvalue weighted by Crippen LogP contribution is 2.32. The molecule has 0 amide bonds. The van der Waals surface area contributed by atoms with Gasteiger partial charge in [-0.25, -0.2) is 9.97 Å². The van der Waals surface area contributed by atoms with Crippen molar-refractivity contribution in [3.05, 3.63) is 47.2 Å². The highest BCUT2D eigenvalue weighted by Gasteiger charge is 2.32. The molecule has 28 heavy (non-hydrogen) atoms. The van der Waals surface area contributed by atoms with E-state index in [9.17, 15) is 13.2 Å². The fourth-order valence-electron chi connectivity index (χ4n) is 3.72. The quantitative estimate of drug-likeness (QED) is 0.764. The van der Waals surface area contributed by atoms with Crippen molar-refractivity contribution in [2.45, 2.75) is 51.4 Å². The molecule has 1 atom stereocenters. The lowest BCUT2D eigenvalue weighted by Gasteiger charge is -2.35. The first kappa shape index (κ1) is 19.1. The van der Waals surface area contributed by atoms with E-state index in [2.05, 4.69) is 19.9 Å². The van der Waals surface area contributed by atoms with Gasteiger partial charge < -0.3 is 4.74 Å². The van der Waals surface area contributed by atoms with Gasteiger partial charge in [0.05, 0.1) is 5.69 Å². The van der Waals surface area contributed by atoms with E-state index in [-0.39, 0.29) is 0 Å². The largest absolute Gasteiger partial charge is 0.469 e. The third-order valence-corrected chi connectivity index (χ3v) is 5.62. The summed E-state index contributed by atoms with van der Waals surface area (Å²) < 4.78 is 44.1. The average Bonchev–Trinajstić information content (AvgIpc) is 2.64. The first-order valence-electron chi connectivity index (χ1n) is 9.65. The molecule has 2 aromatic heterocycles. The van der Waals surface area contributed by atoms with Crippen LogP contribution in [0.4, 0.5) is 13.2 Å². The zero-order chi connectivity index (χ0) is 19.7. The fourth-order valence-corrected chi connectivity index (χ4v) is 3.72. The number of fused-ring (bicyclic) bond motifs is 1. The standard InChI is InChI=1S/C20H23F3N4O/c1-13(15-5-6-18(24-9-15)20(21,22)23)28-19-16-11-27(10-14-3-2-4-14)8-7-17(16)25-12-26-19/h5-6,9,12-14H,2-4,7-8,10-11H2,1H3. The second-order valence-electron chi connectivity index (χ2n) is 7.62. The second-order valence-corrected chi connectivity index (χ2v) is 7.62. The van der Waals surface area contributed by atoms with Gasteiger partial charge in [0.2, 0.25) is 5.88 Å². The number of hydrogen-bond acceptors (Lipinski definition) is 5. The molecule has 0 bridgehead atoms. The van der Waals surface area contributed by atoms with Gasteiger partial charge in [-0.15, -0.1) is 0 Å². The molecule has 1 aliphatic carbocycles. The Hall–Kier alpha value is -2.22. The number of ether oxygens (including phenoxy) is 1. The van der Waals surface area contributed by atoms with E-state index in [1.165, 1.54) is 37.9 Å². The topological polar surface area (TPSA) is 51.1 Å². The Balaban J connectivity index is 1.47. The summed E-state index contributed by atoms with van der Waals surface area (Å²) in [5.74, 6) is 1.29. The predicted molar refractivity (Wildman–Crippen MR) is 96.6 cm³/mol. The molecule has 1 fully saturated rings. The molecule has 2 aliphatic rings. The van der Waals surface area contributed by atoms with E-state index in [0.717, 1.165) is 49.3 Å². The molecule has 2 aromatic rings. The highest BCUT2D eigenvalue weighted by molar-refractivity contribution is 5.32. The Kier molecular flexibility index (Phi) is 5.23. The molecule has 0 aromatic carbocycles. The molecule has 0 radical (unpaired) electrons. The maximum atomic E-state index is 12.7. The maximum absolute atomic E-state index is 12.7. The number of alkyl halides is 3. The van der Waals surface area contributed by atoms with Crippen LogP contribution in [0.3, 0.4) is 0 Å². The van der Waals surface area contributed by atoms with E-state index in [4.69, 9.17) is 4.74 Å². The van der Waals surface area contributed by atoms with E-state index >= 15 is 0 Å². The van der Waals surface area contributed by atoms with Gasteiger partial charge in [0.1, 0.15) is 18.1 Å². The molecule has 3 heterocycles. The molecular formula is C20H23F3N4O. The van der Waals surface area contributed by atoms with E-state index < -0.39 is 18.0 Å². The summed E-state index contributed by atoms with van der Waals surface area (Å²) in [6, 6.07) is 2.38. The lowest BCUT2D eigenvalue weighted by molar-refractivity contribution is -0.141. The number of pyridine rings is 1. The summed E-state index contributed by atoms with van der Waals surface area (Å²) in [5.41, 5.74) is 1.64. The van der Waals surface area contributed by atoms with Crippen LogP contribution in [0.2, 0.25) is 0 Å². The van der Waals surface area contributed by atoms with Crippen LogP contribution in [0.25, 0.3) is 0 Å². The molecule has 0 N–H and O–H groups in total. The van der Waals surface area contributed by atoms with Gasteiger partial charge in [-0.05, 0) is 31.7 Å². The van der Waals surface area contributed by atoms with Crippen molar-refractivity contribution in [3.8, 4) is 5.88 Å². The van der Waals surface area contributed by atoms with Crippen LogP contribution in [0.1, 0.15) is 54.8 Å². The van der Waals surface area contributed by atoms with Gasteiger partial charge in [0, 0.05) is 43.4 Å².